The Kier molecular flexibility index (Phi) is 5.82. The highest BCUT2D eigenvalue weighted by molar-refractivity contribution is 6.35. The fourth-order valence-electron chi connectivity index (χ4n) is 3.17. The highest BCUT2D eigenvalue weighted by Gasteiger charge is 2.42. The van der Waals surface area contributed by atoms with Gasteiger partial charge in [-0.15, -0.1) is 0 Å². The van der Waals surface area contributed by atoms with Gasteiger partial charge in [-0.1, -0.05) is 35.3 Å². The van der Waals surface area contributed by atoms with Crippen LogP contribution in [0.1, 0.15) is 20.3 Å². The molecule has 1 N–H and O–H groups in total. The molecule has 5 nitrogen and oxygen atoms in total. The van der Waals surface area contributed by atoms with Gasteiger partial charge in [0.05, 0.1) is 5.69 Å². The number of halogens is 3. The molecule has 3 rings (SSSR count). The number of carbonyl (C=O) groups excluding carboxylic acids is 2. The Hall–Kier alpha value is -2.31. The number of hydrogen-bond acceptors (Lipinski definition) is 2. The zero-order valence-electron chi connectivity index (χ0n) is 15.5. The number of nitrogens with zero attached hydrogens (tertiary/aromatic N) is 2. The number of rotatable bonds is 4. The van der Waals surface area contributed by atoms with E-state index in [-0.39, 0.29) is 5.69 Å². The fraction of sp³-hybridized carbons (Fsp3) is 0.300. The molecule has 0 unspecified atom stereocenters. The van der Waals surface area contributed by atoms with Crippen LogP contribution in [0.25, 0.3) is 0 Å². The summed E-state index contributed by atoms with van der Waals surface area (Å²) in [5, 5.41) is 3.53. The number of para-hydroxylation sites is 1. The van der Waals surface area contributed by atoms with Crippen LogP contribution in [0.4, 0.5) is 20.6 Å². The average Bonchev–Trinajstić information content (AvgIpc) is 2.61. The maximum atomic E-state index is 14.2. The molecule has 2 aromatic carbocycles. The molecule has 1 aliphatic heterocycles. The molecule has 0 bridgehead atoms. The Morgan fingerprint density at radius 2 is 1.75 bits per heavy atom. The molecule has 1 heterocycles. The van der Waals surface area contributed by atoms with Gasteiger partial charge in [-0.3, -0.25) is 9.69 Å². The Balaban J connectivity index is 1.82. The quantitative estimate of drug-likeness (QED) is 0.735. The van der Waals surface area contributed by atoms with E-state index in [1.165, 1.54) is 15.9 Å². The van der Waals surface area contributed by atoms with Crippen LogP contribution in [0.3, 0.4) is 0 Å². The molecule has 148 valence electrons. The van der Waals surface area contributed by atoms with Crippen LogP contribution in [0, 0.1) is 5.82 Å². The highest BCUT2D eigenvalue weighted by Crippen LogP contribution is 2.29. The lowest BCUT2D eigenvalue weighted by Gasteiger charge is -2.43. The molecule has 2 aromatic rings. The van der Waals surface area contributed by atoms with Gasteiger partial charge < -0.3 is 10.2 Å². The SMILES string of the molecule is CC(C)(C(=O)Nc1cc(Cl)cc(Cl)c1)N1CCCN(c2ccccc2F)C1=O. The minimum absolute atomic E-state index is 0.204. The fourth-order valence-corrected chi connectivity index (χ4v) is 3.70. The topological polar surface area (TPSA) is 52.7 Å². The molecular formula is C20H20Cl2FN3O2. The Labute approximate surface area is 173 Å². The Morgan fingerprint density at radius 3 is 2.39 bits per heavy atom. The Bertz CT molecular complexity index is 900. The van der Waals surface area contributed by atoms with Crippen LogP contribution < -0.4 is 10.2 Å². The smallest absolute Gasteiger partial charge is 0.324 e. The number of benzene rings is 2. The van der Waals surface area contributed by atoms with Gasteiger partial charge in [0.2, 0.25) is 5.91 Å². The Morgan fingerprint density at radius 1 is 1.11 bits per heavy atom. The van der Waals surface area contributed by atoms with Crippen LogP contribution in [0.2, 0.25) is 10.0 Å². The summed E-state index contributed by atoms with van der Waals surface area (Å²) >= 11 is 12.0. The predicted molar refractivity (Wildman–Crippen MR) is 110 cm³/mol. The first-order valence-electron chi connectivity index (χ1n) is 8.81. The molecule has 1 saturated heterocycles. The number of hydrogen-bond donors (Lipinski definition) is 1. The van der Waals surface area contributed by atoms with Crippen LogP contribution in [-0.4, -0.2) is 35.5 Å². The molecule has 0 spiro atoms. The summed E-state index contributed by atoms with van der Waals surface area (Å²) in [6.07, 6.45) is 0.611. The van der Waals surface area contributed by atoms with Crippen molar-refractivity contribution in [1.82, 2.24) is 4.90 Å². The largest absolute Gasteiger partial charge is 0.325 e. The second kappa shape index (κ2) is 7.97. The van der Waals surface area contributed by atoms with Gasteiger partial charge in [0.1, 0.15) is 11.4 Å². The predicted octanol–water partition coefficient (Wildman–Crippen LogP) is 5.18. The summed E-state index contributed by atoms with van der Waals surface area (Å²) in [6, 6.07) is 10.4. The van der Waals surface area contributed by atoms with E-state index in [0.717, 1.165) is 0 Å². The third-order valence-corrected chi connectivity index (χ3v) is 5.16. The minimum atomic E-state index is -1.17. The summed E-state index contributed by atoms with van der Waals surface area (Å²) in [5.41, 5.74) is -0.531. The van der Waals surface area contributed by atoms with Crippen molar-refractivity contribution in [3.8, 4) is 0 Å². The number of anilines is 2. The zero-order valence-corrected chi connectivity index (χ0v) is 17.0. The van der Waals surface area contributed by atoms with E-state index in [0.29, 0.717) is 35.2 Å². The van der Waals surface area contributed by atoms with E-state index in [1.54, 1.807) is 50.2 Å². The van der Waals surface area contributed by atoms with E-state index in [9.17, 15) is 14.0 Å². The van der Waals surface area contributed by atoms with Crippen LogP contribution in [0.5, 0.6) is 0 Å². The maximum absolute atomic E-state index is 14.2. The molecule has 28 heavy (non-hydrogen) atoms. The first kappa shape index (κ1) is 20.4. The molecule has 1 aliphatic rings. The standard InChI is InChI=1S/C20H20Cl2FN3O2/c1-20(2,18(27)24-15-11-13(21)10-14(22)12-15)26-9-5-8-25(19(26)28)17-7-4-3-6-16(17)23/h3-4,6-7,10-12H,5,8-9H2,1-2H3,(H,24,27). The van der Waals surface area contributed by atoms with Crippen molar-refractivity contribution in [2.75, 3.05) is 23.3 Å². The van der Waals surface area contributed by atoms with Crippen LogP contribution in [0.15, 0.2) is 42.5 Å². The number of amides is 3. The monoisotopic (exact) mass is 423 g/mol. The van der Waals surface area contributed by atoms with Gasteiger partial charge in [0.15, 0.2) is 0 Å². The van der Waals surface area contributed by atoms with Gasteiger partial charge in [-0.2, -0.15) is 0 Å². The molecule has 0 atom stereocenters. The first-order chi connectivity index (χ1) is 13.2. The van der Waals surface area contributed by atoms with E-state index in [4.69, 9.17) is 23.2 Å². The maximum Gasteiger partial charge on any atom is 0.325 e. The zero-order chi connectivity index (χ0) is 20.5. The summed E-state index contributed by atoms with van der Waals surface area (Å²) in [6.45, 7) is 4.08. The van der Waals surface area contributed by atoms with Gasteiger partial charge in [0.25, 0.3) is 0 Å². The van der Waals surface area contributed by atoms with Crippen molar-refractivity contribution < 1.29 is 14.0 Å². The molecule has 0 aliphatic carbocycles. The van der Waals surface area contributed by atoms with Crippen molar-refractivity contribution in [2.24, 2.45) is 0 Å². The molecule has 0 aromatic heterocycles. The lowest BCUT2D eigenvalue weighted by atomic mass is 9.99. The number of nitrogens with one attached hydrogen (secondary N) is 1. The lowest BCUT2D eigenvalue weighted by molar-refractivity contribution is -0.124. The number of urea groups is 1. The van der Waals surface area contributed by atoms with Gasteiger partial charge in [-0.25, -0.2) is 9.18 Å². The van der Waals surface area contributed by atoms with Crippen LogP contribution >= 0.6 is 23.2 Å². The van der Waals surface area contributed by atoms with Gasteiger partial charge in [0, 0.05) is 28.8 Å². The molecule has 0 saturated carbocycles. The second-order valence-electron chi connectivity index (χ2n) is 7.06. The van der Waals surface area contributed by atoms with Gasteiger partial charge >= 0.3 is 6.03 Å². The average molecular weight is 424 g/mol. The summed E-state index contributed by atoms with van der Waals surface area (Å²) in [5.74, 6) is -0.872. The third-order valence-electron chi connectivity index (χ3n) is 4.72. The van der Waals surface area contributed by atoms with E-state index in [2.05, 4.69) is 5.32 Å². The van der Waals surface area contributed by atoms with E-state index >= 15 is 0 Å². The summed E-state index contributed by atoms with van der Waals surface area (Å²) in [7, 11) is 0. The van der Waals surface area contributed by atoms with Gasteiger partial charge in [-0.05, 0) is 50.6 Å². The third kappa shape index (κ3) is 4.08. The molecule has 0 radical (unpaired) electrons. The van der Waals surface area contributed by atoms with Crippen molar-refractivity contribution in [1.29, 1.82) is 0 Å². The van der Waals surface area contributed by atoms with Crippen molar-refractivity contribution in [2.45, 2.75) is 25.8 Å². The first-order valence-corrected chi connectivity index (χ1v) is 9.57. The summed E-state index contributed by atoms with van der Waals surface area (Å²) in [4.78, 5) is 28.8. The molecular weight excluding hydrogens is 404 g/mol. The van der Waals surface area contributed by atoms with Crippen LogP contribution in [-0.2, 0) is 4.79 Å². The summed E-state index contributed by atoms with van der Waals surface area (Å²) < 4.78 is 14.2. The van der Waals surface area contributed by atoms with E-state index in [1.807, 2.05) is 0 Å². The van der Waals surface area contributed by atoms with Crippen molar-refractivity contribution >= 4 is 46.5 Å². The van der Waals surface area contributed by atoms with Crippen molar-refractivity contribution in [3.05, 3.63) is 58.3 Å². The molecule has 8 heteroatoms. The van der Waals surface area contributed by atoms with E-state index < -0.39 is 23.3 Å². The van der Waals surface area contributed by atoms with Crippen molar-refractivity contribution in [3.63, 3.8) is 0 Å². The lowest BCUT2D eigenvalue weighted by Crippen LogP contribution is -2.61. The normalized spacial score (nSPS) is 15.0. The second-order valence-corrected chi connectivity index (χ2v) is 7.93. The molecule has 1 fully saturated rings. The number of carbonyl (C=O) groups is 2. The molecule has 3 amide bonds. The highest BCUT2D eigenvalue weighted by atomic mass is 35.5. The minimum Gasteiger partial charge on any atom is -0.324 e.